The van der Waals surface area contributed by atoms with Gasteiger partial charge in [-0.1, -0.05) is 24.3 Å². The number of hydrogen-bond donors (Lipinski definition) is 1. The van der Waals surface area contributed by atoms with Crippen LogP contribution in [0, 0.1) is 13.8 Å². The molecule has 0 aliphatic rings. The molecule has 6 nitrogen and oxygen atoms in total. The van der Waals surface area contributed by atoms with Crippen LogP contribution in [0.5, 0.6) is 0 Å². The van der Waals surface area contributed by atoms with Crippen LogP contribution in [0.2, 0.25) is 0 Å². The van der Waals surface area contributed by atoms with Crippen LogP contribution in [-0.4, -0.2) is 27.8 Å². The van der Waals surface area contributed by atoms with Crippen molar-refractivity contribution in [1.82, 2.24) is 15.1 Å². The van der Waals surface area contributed by atoms with E-state index >= 15 is 0 Å². The van der Waals surface area contributed by atoms with Gasteiger partial charge < -0.3 is 10.1 Å². The van der Waals surface area contributed by atoms with Gasteiger partial charge in [-0.3, -0.25) is 9.59 Å². The number of aryl methyl sites for hydroxylation is 1. The number of nitrogens with zero attached hydrogens (tertiary/aromatic N) is 2. The Hall–Kier alpha value is -2.93. The molecule has 0 radical (unpaired) electrons. The van der Waals surface area contributed by atoms with E-state index in [0.717, 1.165) is 27.5 Å². The van der Waals surface area contributed by atoms with E-state index in [1.165, 1.54) is 0 Å². The number of nitrogens with one attached hydrogen (secondary N) is 1. The van der Waals surface area contributed by atoms with Gasteiger partial charge in [-0.05, 0) is 44.4 Å². The standard InChI is InChI=1S/C21H23N3O3S/c1-14-19(15(2)24(23-14)17-8-5-4-6-9-17)12-20(25)27-16(3)21(26)22-13-18-10-7-11-28-18/h4-11,16H,12-13H2,1-3H3,(H,22,26)/t16-/m1/s1. The SMILES string of the molecule is Cc1nn(-c2ccccc2)c(C)c1CC(=O)O[C@H](C)C(=O)NCc1cccs1. The van der Waals surface area contributed by atoms with Crippen molar-refractivity contribution in [1.29, 1.82) is 0 Å². The highest BCUT2D eigenvalue weighted by Crippen LogP contribution is 2.19. The van der Waals surface area contributed by atoms with Gasteiger partial charge in [-0.15, -0.1) is 11.3 Å². The first-order chi connectivity index (χ1) is 13.5. The first-order valence-electron chi connectivity index (χ1n) is 9.05. The largest absolute Gasteiger partial charge is 0.452 e. The van der Waals surface area contributed by atoms with Crippen LogP contribution in [0.4, 0.5) is 0 Å². The van der Waals surface area contributed by atoms with Crippen molar-refractivity contribution in [3.63, 3.8) is 0 Å². The summed E-state index contributed by atoms with van der Waals surface area (Å²) in [5.41, 5.74) is 3.41. The van der Waals surface area contributed by atoms with E-state index in [0.29, 0.717) is 6.54 Å². The van der Waals surface area contributed by atoms with Crippen molar-refractivity contribution in [3.8, 4) is 5.69 Å². The molecular weight excluding hydrogens is 374 g/mol. The van der Waals surface area contributed by atoms with Gasteiger partial charge in [0, 0.05) is 16.1 Å². The molecule has 3 aromatic rings. The molecule has 0 saturated heterocycles. The quantitative estimate of drug-likeness (QED) is 0.621. The molecule has 0 aliphatic heterocycles. The summed E-state index contributed by atoms with van der Waals surface area (Å²) in [5.74, 6) is -0.757. The van der Waals surface area contributed by atoms with Gasteiger partial charge in [0.25, 0.3) is 5.91 Å². The van der Waals surface area contributed by atoms with E-state index in [9.17, 15) is 9.59 Å². The summed E-state index contributed by atoms with van der Waals surface area (Å²) in [4.78, 5) is 25.6. The summed E-state index contributed by atoms with van der Waals surface area (Å²) in [6, 6.07) is 13.6. The van der Waals surface area contributed by atoms with E-state index in [2.05, 4.69) is 10.4 Å². The Morgan fingerprint density at radius 3 is 2.61 bits per heavy atom. The van der Waals surface area contributed by atoms with Crippen LogP contribution in [-0.2, 0) is 27.3 Å². The number of ether oxygens (including phenoxy) is 1. The van der Waals surface area contributed by atoms with Crippen LogP contribution in [0.3, 0.4) is 0 Å². The topological polar surface area (TPSA) is 73.2 Å². The van der Waals surface area contributed by atoms with Crippen molar-refractivity contribution in [2.75, 3.05) is 0 Å². The van der Waals surface area contributed by atoms with E-state index < -0.39 is 12.1 Å². The molecule has 0 saturated carbocycles. The normalized spacial score (nSPS) is 11.8. The molecule has 1 N–H and O–H groups in total. The minimum absolute atomic E-state index is 0.0764. The highest BCUT2D eigenvalue weighted by atomic mass is 32.1. The second-order valence-corrected chi connectivity index (χ2v) is 7.54. The van der Waals surface area contributed by atoms with Crippen LogP contribution in [0.25, 0.3) is 5.69 Å². The molecule has 1 aromatic carbocycles. The molecule has 7 heteroatoms. The van der Waals surface area contributed by atoms with Crippen LogP contribution >= 0.6 is 11.3 Å². The average Bonchev–Trinajstić information content (AvgIpc) is 3.30. The Balaban J connectivity index is 1.60. The maximum absolute atomic E-state index is 12.4. The highest BCUT2D eigenvalue weighted by molar-refractivity contribution is 7.09. The maximum Gasteiger partial charge on any atom is 0.311 e. The lowest BCUT2D eigenvalue weighted by Gasteiger charge is -2.13. The van der Waals surface area contributed by atoms with Gasteiger partial charge in [-0.2, -0.15) is 5.10 Å². The third kappa shape index (κ3) is 4.67. The Bertz CT molecular complexity index is 949. The summed E-state index contributed by atoms with van der Waals surface area (Å²) < 4.78 is 7.14. The molecule has 1 amide bonds. The molecule has 2 heterocycles. The zero-order valence-corrected chi connectivity index (χ0v) is 17.0. The second-order valence-electron chi connectivity index (χ2n) is 6.50. The van der Waals surface area contributed by atoms with Crippen LogP contribution < -0.4 is 5.32 Å². The van der Waals surface area contributed by atoms with E-state index in [1.807, 2.05) is 66.4 Å². The molecule has 0 fully saturated rings. The van der Waals surface area contributed by atoms with Gasteiger partial charge in [-0.25, -0.2) is 4.68 Å². The molecule has 28 heavy (non-hydrogen) atoms. The number of para-hydroxylation sites is 1. The van der Waals surface area contributed by atoms with E-state index in [-0.39, 0.29) is 12.3 Å². The number of benzene rings is 1. The van der Waals surface area contributed by atoms with Gasteiger partial charge in [0.2, 0.25) is 0 Å². The maximum atomic E-state index is 12.4. The van der Waals surface area contributed by atoms with Crippen molar-refractivity contribution < 1.29 is 14.3 Å². The van der Waals surface area contributed by atoms with Crippen LogP contribution in [0.15, 0.2) is 47.8 Å². The minimum atomic E-state index is -0.850. The fourth-order valence-corrected chi connectivity index (χ4v) is 3.56. The molecule has 0 bridgehead atoms. The number of carbonyl (C=O) groups excluding carboxylic acids is 2. The highest BCUT2D eigenvalue weighted by Gasteiger charge is 2.21. The predicted molar refractivity (Wildman–Crippen MR) is 108 cm³/mol. The van der Waals surface area contributed by atoms with Crippen molar-refractivity contribution in [2.45, 2.75) is 39.8 Å². The zero-order chi connectivity index (χ0) is 20.1. The fourth-order valence-electron chi connectivity index (χ4n) is 2.92. The summed E-state index contributed by atoms with van der Waals surface area (Å²) in [6.45, 7) is 5.80. The second kappa shape index (κ2) is 8.84. The first-order valence-corrected chi connectivity index (χ1v) is 9.93. The Morgan fingerprint density at radius 2 is 1.93 bits per heavy atom. The predicted octanol–water partition coefficient (Wildman–Crippen LogP) is 3.34. The van der Waals surface area contributed by atoms with E-state index in [1.54, 1.807) is 18.3 Å². The third-order valence-electron chi connectivity index (χ3n) is 4.46. The Labute approximate surface area is 168 Å². The van der Waals surface area contributed by atoms with Gasteiger partial charge in [0.15, 0.2) is 6.10 Å². The van der Waals surface area contributed by atoms with Gasteiger partial charge in [0.05, 0.1) is 24.3 Å². The number of aromatic nitrogens is 2. The molecule has 0 unspecified atom stereocenters. The van der Waals surface area contributed by atoms with E-state index in [4.69, 9.17) is 4.74 Å². The number of carbonyl (C=O) groups is 2. The number of hydrogen-bond acceptors (Lipinski definition) is 5. The zero-order valence-electron chi connectivity index (χ0n) is 16.1. The van der Waals surface area contributed by atoms with Crippen LogP contribution in [0.1, 0.15) is 28.8 Å². The summed E-state index contributed by atoms with van der Waals surface area (Å²) in [5, 5.41) is 9.27. The Morgan fingerprint density at radius 1 is 1.18 bits per heavy atom. The number of thiophene rings is 1. The molecule has 3 rings (SSSR count). The lowest BCUT2D eigenvalue weighted by molar-refractivity contribution is -0.154. The smallest absolute Gasteiger partial charge is 0.311 e. The van der Waals surface area contributed by atoms with Crippen molar-refractivity contribution in [2.24, 2.45) is 0 Å². The fraction of sp³-hybridized carbons (Fsp3) is 0.286. The van der Waals surface area contributed by atoms with Crippen molar-refractivity contribution in [3.05, 3.63) is 69.7 Å². The average molecular weight is 398 g/mol. The molecular formula is C21H23N3O3S. The molecule has 0 aliphatic carbocycles. The first kappa shape index (κ1) is 19.8. The Kier molecular flexibility index (Phi) is 6.26. The molecule has 1 atom stereocenters. The lowest BCUT2D eigenvalue weighted by Crippen LogP contribution is -2.35. The number of amides is 1. The number of esters is 1. The number of rotatable bonds is 7. The summed E-state index contributed by atoms with van der Waals surface area (Å²) in [6.07, 6.45) is -0.773. The summed E-state index contributed by atoms with van der Waals surface area (Å²) in [7, 11) is 0. The summed E-state index contributed by atoms with van der Waals surface area (Å²) >= 11 is 1.56. The van der Waals surface area contributed by atoms with Gasteiger partial charge in [0.1, 0.15) is 0 Å². The molecule has 0 spiro atoms. The van der Waals surface area contributed by atoms with Crippen molar-refractivity contribution >= 4 is 23.2 Å². The minimum Gasteiger partial charge on any atom is -0.452 e. The third-order valence-corrected chi connectivity index (χ3v) is 5.33. The molecule has 2 aromatic heterocycles. The monoisotopic (exact) mass is 397 g/mol. The lowest BCUT2D eigenvalue weighted by atomic mass is 10.1. The van der Waals surface area contributed by atoms with Gasteiger partial charge >= 0.3 is 5.97 Å². The molecule has 146 valence electrons.